The van der Waals surface area contributed by atoms with Gasteiger partial charge in [0.25, 0.3) is 0 Å². The van der Waals surface area contributed by atoms with Gasteiger partial charge in [0, 0.05) is 37.0 Å². The third-order valence-electron chi connectivity index (χ3n) is 9.26. The first kappa shape index (κ1) is 32.3. The normalized spacial score (nSPS) is 16.3. The lowest BCUT2D eigenvalue weighted by atomic mass is 9.89. The number of hydrogen-bond donors (Lipinski definition) is 2. The second kappa shape index (κ2) is 14.4. The van der Waals surface area contributed by atoms with E-state index >= 15 is 0 Å². The lowest BCUT2D eigenvalue weighted by Crippen LogP contribution is -2.47. The molecule has 0 unspecified atom stereocenters. The summed E-state index contributed by atoms with van der Waals surface area (Å²) in [6.45, 7) is 16.9. The van der Waals surface area contributed by atoms with Gasteiger partial charge in [-0.05, 0) is 70.5 Å². The molecular weight excluding hydrogens is 572 g/mol. The number of hydrogen-bond acceptors (Lipinski definition) is 6. The van der Waals surface area contributed by atoms with E-state index in [9.17, 15) is 0 Å². The molecule has 0 atom stereocenters. The van der Waals surface area contributed by atoms with E-state index in [0.29, 0.717) is 13.2 Å². The van der Waals surface area contributed by atoms with Gasteiger partial charge in [-0.1, -0.05) is 86.6 Å². The van der Waals surface area contributed by atoms with E-state index in [0.717, 1.165) is 97.5 Å². The van der Waals surface area contributed by atoms with Crippen LogP contribution in [-0.4, -0.2) is 39.5 Å². The molecule has 2 saturated heterocycles. The van der Waals surface area contributed by atoms with E-state index in [1.807, 2.05) is 0 Å². The van der Waals surface area contributed by atoms with Gasteiger partial charge in [-0.25, -0.2) is 0 Å². The molecule has 0 bridgehead atoms. The number of ether oxygens (including phenoxy) is 4. The summed E-state index contributed by atoms with van der Waals surface area (Å²) < 4.78 is 23.4. The first-order valence-corrected chi connectivity index (χ1v) is 16.5. The smallest absolute Gasteiger partial charge is 0.123 e. The average Bonchev–Trinajstić information content (AvgIpc) is 3.03. The predicted octanol–water partition coefficient (Wildman–Crippen LogP) is 7.38. The quantitative estimate of drug-likeness (QED) is 0.145. The van der Waals surface area contributed by atoms with E-state index in [1.54, 1.807) is 0 Å². The van der Waals surface area contributed by atoms with E-state index in [4.69, 9.17) is 18.9 Å². The third-order valence-corrected chi connectivity index (χ3v) is 9.26. The van der Waals surface area contributed by atoms with Crippen LogP contribution >= 0.6 is 0 Å². The Morgan fingerprint density at radius 1 is 0.543 bits per heavy atom. The van der Waals surface area contributed by atoms with Gasteiger partial charge in [-0.3, -0.25) is 0 Å². The highest BCUT2D eigenvalue weighted by atomic mass is 16.5. The standard InChI is InChI=1S/C40H48N2O4/c1-29-35(7-5-9-37(29)45-21-33-15-11-31(12-16-33)19-41-23-39(3)25-43-26-39)36-8-6-10-38(30(36)2)46-22-34-17-13-32(14-18-34)20-42-24-40(4)27-44-28-40/h5-18,41-42H,19-28H2,1-4H3. The number of rotatable bonds is 15. The minimum Gasteiger partial charge on any atom is -0.489 e. The van der Waals surface area contributed by atoms with E-state index in [2.05, 4.69) is 123 Å². The van der Waals surface area contributed by atoms with Crippen LogP contribution in [-0.2, 0) is 35.8 Å². The van der Waals surface area contributed by atoms with Gasteiger partial charge in [-0.15, -0.1) is 0 Å². The molecule has 0 saturated carbocycles. The highest BCUT2D eigenvalue weighted by molar-refractivity contribution is 5.74. The summed E-state index contributed by atoms with van der Waals surface area (Å²) in [6, 6.07) is 29.9. The molecule has 2 aliphatic heterocycles. The van der Waals surface area contributed by atoms with Crippen molar-refractivity contribution in [2.45, 2.75) is 54.0 Å². The van der Waals surface area contributed by atoms with E-state index in [-0.39, 0.29) is 10.8 Å². The van der Waals surface area contributed by atoms with Crippen molar-refractivity contribution < 1.29 is 18.9 Å². The van der Waals surface area contributed by atoms with Crippen LogP contribution < -0.4 is 20.1 Å². The summed E-state index contributed by atoms with van der Waals surface area (Å²) in [5.74, 6) is 1.80. The maximum atomic E-state index is 6.34. The zero-order valence-electron chi connectivity index (χ0n) is 27.8. The summed E-state index contributed by atoms with van der Waals surface area (Å²) in [6.07, 6.45) is 0. The molecule has 2 fully saturated rings. The molecule has 6 nitrogen and oxygen atoms in total. The summed E-state index contributed by atoms with van der Waals surface area (Å²) in [5.41, 5.74) is 9.99. The molecule has 0 aliphatic carbocycles. The number of nitrogens with one attached hydrogen (secondary N) is 2. The van der Waals surface area contributed by atoms with Crippen LogP contribution in [0.2, 0.25) is 0 Å². The van der Waals surface area contributed by atoms with Crippen LogP contribution in [0.15, 0.2) is 84.9 Å². The molecule has 0 spiro atoms. The average molecular weight is 621 g/mol. The van der Waals surface area contributed by atoms with E-state index in [1.165, 1.54) is 11.1 Å². The van der Waals surface area contributed by atoms with Crippen molar-refractivity contribution in [3.63, 3.8) is 0 Å². The zero-order valence-corrected chi connectivity index (χ0v) is 27.8. The SMILES string of the molecule is Cc1c(OCc2ccc(CNCC3(C)COC3)cc2)cccc1-c1cccc(OCc2ccc(CNCC3(C)COC3)cc2)c1C. The van der Waals surface area contributed by atoms with Crippen molar-refractivity contribution in [3.8, 4) is 22.6 Å². The molecule has 0 aromatic heterocycles. The summed E-state index contributed by atoms with van der Waals surface area (Å²) in [7, 11) is 0. The van der Waals surface area contributed by atoms with Crippen molar-refractivity contribution in [2.24, 2.45) is 10.8 Å². The van der Waals surface area contributed by atoms with Crippen LogP contribution in [0.25, 0.3) is 11.1 Å². The maximum Gasteiger partial charge on any atom is 0.123 e. The van der Waals surface area contributed by atoms with Gasteiger partial charge in [0.05, 0.1) is 26.4 Å². The van der Waals surface area contributed by atoms with Gasteiger partial charge < -0.3 is 29.6 Å². The molecule has 2 heterocycles. The molecule has 2 N–H and O–H groups in total. The van der Waals surface area contributed by atoms with Crippen LogP contribution in [0.1, 0.15) is 47.2 Å². The molecule has 6 rings (SSSR count). The molecule has 46 heavy (non-hydrogen) atoms. The Morgan fingerprint density at radius 2 is 0.913 bits per heavy atom. The molecule has 242 valence electrons. The van der Waals surface area contributed by atoms with Crippen LogP contribution in [0.3, 0.4) is 0 Å². The second-order valence-corrected chi connectivity index (χ2v) is 13.9. The molecule has 0 radical (unpaired) electrons. The Bertz CT molecular complexity index is 1470. The number of benzene rings is 4. The van der Waals surface area contributed by atoms with Crippen molar-refractivity contribution in [1.82, 2.24) is 10.6 Å². The third kappa shape index (κ3) is 7.99. The summed E-state index contributed by atoms with van der Waals surface area (Å²) >= 11 is 0. The second-order valence-electron chi connectivity index (χ2n) is 13.9. The minimum atomic E-state index is 0.280. The molecular formula is C40H48N2O4. The fourth-order valence-corrected chi connectivity index (χ4v) is 6.08. The Morgan fingerprint density at radius 3 is 1.26 bits per heavy atom. The Kier molecular flexibility index (Phi) is 10.1. The topological polar surface area (TPSA) is 61.0 Å². The van der Waals surface area contributed by atoms with Gasteiger partial charge in [0.1, 0.15) is 24.7 Å². The van der Waals surface area contributed by atoms with Gasteiger partial charge in [0.2, 0.25) is 0 Å². The van der Waals surface area contributed by atoms with Gasteiger partial charge in [0.15, 0.2) is 0 Å². The lowest BCUT2D eigenvalue weighted by Gasteiger charge is -2.38. The van der Waals surface area contributed by atoms with Crippen LogP contribution in [0, 0.1) is 24.7 Å². The van der Waals surface area contributed by atoms with Crippen molar-refractivity contribution in [1.29, 1.82) is 0 Å². The maximum absolute atomic E-state index is 6.34. The molecule has 2 aliphatic rings. The monoisotopic (exact) mass is 620 g/mol. The molecule has 4 aromatic rings. The Balaban J connectivity index is 1.02. The van der Waals surface area contributed by atoms with Gasteiger partial charge >= 0.3 is 0 Å². The highest BCUT2D eigenvalue weighted by Gasteiger charge is 2.33. The fourth-order valence-electron chi connectivity index (χ4n) is 6.08. The first-order valence-electron chi connectivity index (χ1n) is 16.5. The first-order chi connectivity index (χ1) is 22.3. The van der Waals surface area contributed by atoms with Crippen LogP contribution in [0.5, 0.6) is 11.5 Å². The highest BCUT2D eigenvalue weighted by Crippen LogP contribution is 2.36. The zero-order chi connectivity index (χ0) is 32.0. The van der Waals surface area contributed by atoms with Crippen molar-refractivity contribution in [2.75, 3.05) is 39.5 Å². The fraction of sp³-hybridized carbons (Fsp3) is 0.400. The minimum absolute atomic E-state index is 0.280. The summed E-state index contributed by atoms with van der Waals surface area (Å²) in [5, 5.41) is 7.13. The van der Waals surface area contributed by atoms with E-state index < -0.39 is 0 Å². The predicted molar refractivity (Wildman–Crippen MR) is 184 cm³/mol. The van der Waals surface area contributed by atoms with Crippen LogP contribution in [0.4, 0.5) is 0 Å². The molecule has 4 aromatic carbocycles. The van der Waals surface area contributed by atoms with Crippen molar-refractivity contribution in [3.05, 3.63) is 118 Å². The largest absolute Gasteiger partial charge is 0.489 e. The summed E-state index contributed by atoms with van der Waals surface area (Å²) in [4.78, 5) is 0. The lowest BCUT2D eigenvalue weighted by molar-refractivity contribution is -0.0991. The molecule has 0 amide bonds. The Labute approximate surface area is 274 Å². The van der Waals surface area contributed by atoms with Gasteiger partial charge in [-0.2, -0.15) is 0 Å². The van der Waals surface area contributed by atoms with Crippen molar-refractivity contribution >= 4 is 0 Å². The molecule has 6 heteroatoms. The Hall–Kier alpha value is -3.68.